The molecule has 2 aromatic rings. The van der Waals surface area contributed by atoms with Crippen molar-refractivity contribution in [2.75, 3.05) is 18.5 Å². The van der Waals surface area contributed by atoms with Gasteiger partial charge in [0, 0.05) is 25.6 Å². The molecule has 2 N–H and O–H groups in total. The van der Waals surface area contributed by atoms with Crippen molar-refractivity contribution in [2.24, 2.45) is 0 Å². The Kier molecular flexibility index (Phi) is 10.9. The minimum absolute atomic E-state index is 0.183. The van der Waals surface area contributed by atoms with Crippen molar-refractivity contribution in [3.63, 3.8) is 0 Å². The maximum absolute atomic E-state index is 12.8. The maximum Gasteiger partial charge on any atom is 0.389 e. The van der Waals surface area contributed by atoms with E-state index in [2.05, 4.69) is 10.4 Å². The van der Waals surface area contributed by atoms with E-state index in [9.17, 15) is 32.3 Å². The summed E-state index contributed by atoms with van der Waals surface area (Å²) >= 11 is 0. The summed E-state index contributed by atoms with van der Waals surface area (Å²) in [5, 5.41) is 15.5. The van der Waals surface area contributed by atoms with Crippen LogP contribution in [-0.2, 0) is 33.8 Å². The van der Waals surface area contributed by atoms with Crippen LogP contribution in [0.15, 0.2) is 46.0 Å². The van der Waals surface area contributed by atoms with Gasteiger partial charge >= 0.3 is 23.8 Å². The van der Waals surface area contributed by atoms with Crippen molar-refractivity contribution in [3.8, 4) is 5.75 Å². The van der Waals surface area contributed by atoms with Crippen LogP contribution < -0.4 is 21.3 Å². The molecule has 0 aliphatic rings. The topological polar surface area (TPSA) is 142 Å². The van der Waals surface area contributed by atoms with Crippen molar-refractivity contribution in [2.45, 2.75) is 64.9 Å². The number of ether oxygens (including phenoxy) is 2. The molecule has 1 aromatic carbocycles. The molecule has 1 heterocycles. The molecule has 39 heavy (non-hydrogen) atoms. The summed E-state index contributed by atoms with van der Waals surface area (Å²) in [6.45, 7) is 4.49. The fraction of sp³-hybridized carbons (Fsp3) is 0.480. The summed E-state index contributed by atoms with van der Waals surface area (Å²) in [4.78, 5) is 48.1. The molecule has 0 amide bonds. The molecule has 0 aliphatic carbocycles. The molecule has 0 radical (unpaired) electrons. The van der Waals surface area contributed by atoms with Gasteiger partial charge in [-0.3, -0.25) is 9.36 Å². The Morgan fingerprint density at radius 3 is 2.41 bits per heavy atom. The smallest absolute Gasteiger partial charge is 0.389 e. The second-order valence-corrected chi connectivity index (χ2v) is 8.88. The van der Waals surface area contributed by atoms with E-state index in [4.69, 9.17) is 14.6 Å². The van der Waals surface area contributed by atoms with Crippen LogP contribution in [0.4, 0.5) is 19.0 Å². The Labute approximate surface area is 221 Å². The van der Waals surface area contributed by atoms with Gasteiger partial charge in [-0.1, -0.05) is 18.2 Å². The summed E-state index contributed by atoms with van der Waals surface area (Å²) in [6, 6.07) is 6.83. The number of hydrogen-bond donors (Lipinski definition) is 2. The Hall–Kier alpha value is -4.10. The van der Waals surface area contributed by atoms with Crippen molar-refractivity contribution >= 4 is 17.8 Å². The highest BCUT2D eigenvalue weighted by Gasteiger charge is 2.31. The Morgan fingerprint density at radius 1 is 1.15 bits per heavy atom. The van der Waals surface area contributed by atoms with Gasteiger partial charge in [-0.15, -0.1) is 5.10 Å². The Balaban J connectivity index is 2.14. The number of aliphatic carboxylic acids is 1. The number of carbonyl (C=O) groups is 2. The number of nitrogens with one attached hydrogen (secondary N) is 1. The zero-order valence-electron chi connectivity index (χ0n) is 21.8. The molecule has 214 valence electrons. The predicted molar refractivity (Wildman–Crippen MR) is 135 cm³/mol. The van der Waals surface area contributed by atoms with Crippen molar-refractivity contribution in [1.82, 2.24) is 14.3 Å². The minimum atomic E-state index is -4.45. The molecule has 14 heteroatoms. The van der Waals surface area contributed by atoms with Crippen LogP contribution in [0.5, 0.6) is 5.75 Å². The molecule has 0 spiro atoms. The number of nitrogens with zero attached hydrogens (tertiary/aromatic N) is 3. The molecule has 0 unspecified atom stereocenters. The normalized spacial score (nSPS) is 11.9. The zero-order chi connectivity index (χ0) is 29.2. The first-order valence-corrected chi connectivity index (χ1v) is 12.1. The highest BCUT2D eigenvalue weighted by Crippen LogP contribution is 2.22. The molecule has 0 atom stereocenters. The van der Waals surface area contributed by atoms with Crippen LogP contribution in [0.1, 0.15) is 39.2 Å². The van der Waals surface area contributed by atoms with Crippen LogP contribution in [0.25, 0.3) is 0 Å². The van der Waals surface area contributed by atoms with Crippen molar-refractivity contribution in [1.29, 1.82) is 0 Å². The SMILES string of the molecule is CCOC(=O)C(C)(C)Oc1ccc(CCNc2nn(CC=CC(=O)O)c(=O)n(CCCC(F)(F)F)c2=O)cc1. The predicted octanol–water partition coefficient (Wildman–Crippen LogP) is 2.76. The van der Waals surface area contributed by atoms with E-state index in [1.54, 1.807) is 45.0 Å². The average Bonchev–Trinajstić information content (AvgIpc) is 2.84. The van der Waals surface area contributed by atoms with Crippen molar-refractivity contribution < 1.29 is 37.3 Å². The molecule has 0 saturated heterocycles. The van der Waals surface area contributed by atoms with Gasteiger partial charge in [0.1, 0.15) is 5.75 Å². The molecule has 0 fully saturated rings. The van der Waals surface area contributed by atoms with Gasteiger partial charge in [0.2, 0.25) is 5.82 Å². The summed E-state index contributed by atoms with van der Waals surface area (Å²) < 4.78 is 49.9. The molecule has 0 saturated carbocycles. The number of allylic oxidation sites excluding steroid dienone is 1. The maximum atomic E-state index is 12.8. The first-order chi connectivity index (χ1) is 18.2. The molecule has 11 nitrogen and oxygen atoms in total. The van der Waals surface area contributed by atoms with Gasteiger partial charge in [-0.05, 0) is 51.3 Å². The number of carboxylic acid groups (broad SMARTS) is 1. The third-order valence-electron chi connectivity index (χ3n) is 5.27. The second kappa shape index (κ2) is 13.6. The zero-order valence-corrected chi connectivity index (χ0v) is 21.8. The number of esters is 1. The van der Waals surface area contributed by atoms with Crippen LogP contribution in [-0.4, -0.2) is 56.3 Å². The third-order valence-corrected chi connectivity index (χ3v) is 5.27. The highest BCUT2D eigenvalue weighted by atomic mass is 19.4. The largest absolute Gasteiger partial charge is 0.478 e. The number of rotatable bonds is 14. The van der Waals surface area contributed by atoms with Gasteiger partial charge in [0.05, 0.1) is 13.2 Å². The summed E-state index contributed by atoms with van der Waals surface area (Å²) in [5.41, 5.74) is -2.20. The van der Waals surface area contributed by atoms with Crippen LogP contribution in [0, 0.1) is 0 Å². The van der Waals surface area contributed by atoms with E-state index in [-0.39, 0.29) is 25.5 Å². The van der Waals surface area contributed by atoms with Crippen molar-refractivity contribution in [3.05, 3.63) is 62.8 Å². The van der Waals surface area contributed by atoms with Gasteiger partial charge in [-0.25, -0.2) is 19.1 Å². The van der Waals surface area contributed by atoms with Crippen LogP contribution in [0.2, 0.25) is 0 Å². The van der Waals surface area contributed by atoms with Gasteiger partial charge in [0.25, 0.3) is 5.56 Å². The number of alkyl halides is 3. The molecule has 0 aliphatic heterocycles. The van der Waals surface area contributed by atoms with E-state index in [0.717, 1.165) is 22.4 Å². The van der Waals surface area contributed by atoms with Crippen LogP contribution >= 0.6 is 0 Å². The first-order valence-electron chi connectivity index (χ1n) is 12.1. The summed E-state index contributed by atoms with van der Waals surface area (Å²) in [6.07, 6.45) is -3.82. The number of hydrogen-bond acceptors (Lipinski definition) is 8. The lowest BCUT2D eigenvalue weighted by atomic mass is 10.1. The van der Waals surface area contributed by atoms with Gasteiger partial charge < -0.3 is 19.9 Å². The standard InChI is InChI=1S/C25H31F3N4O7/c1-4-38-22(36)24(2,3)39-18-10-8-17(9-11-18)12-14-29-20-21(35)31(15-6-13-25(26,27)28)23(37)32(30-20)16-5-7-19(33)34/h5,7-11H,4,6,12-16H2,1-3H3,(H,29,30)(H,33,34). The molecular formula is C25H31F3N4O7. The van der Waals surface area contributed by atoms with Gasteiger partial charge in [-0.2, -0.15) is 13.2 Å². The van der Waals surface area contributed by atoms with Crippen LogP contribution in [0.3, 0.4) is 0 Å². The first kappa shape index (κ1) is 31.1. The summed E-state index contributed by atoms with van der Waals surface area (Å²) in [5.74, 6) is -1.59. The van der Waals surface area contributed by atoms with Gasteiger partial charge in [0.15, 0.2) is 5.60 Å². The number of halogens is 3. The van der Waals surface area contributed by atoms with E-state index < -0.39 is 54.4 Å². The second-order valence-electron chi connectivity index (χ2n) is 8.88. The highest BCUT2D eigenvalue weighted by molar-refractivity contribution is 5.79. The number of aromatic nitrogens is 3. The van der Waals surface area contributed by atoms with E-state index >= 15 is 0 Å². The fourth-order valence-corrected chi connectivity index (χ4v) is 3.37. The minimum Gasteiger partial charge on any atom is -0.478 e. The molecule has 2 rings (SSSR count). The Bertz CT molecular complexity index is 1280. The van der Waals surface area contributed by atoms with E-state index in [0.29, 0.717) is 16.7 Å². The van der Waals surface area contributed by atoms with E-state index in [1.165, 1.54) is 0 Å². The molecule has 1 aromatic heterocycles. The Morgan fingerprint density at radius 2 is 1.82 bits per heavy atom. The number of anilines is 1. The third kappa shape index (κ3) is 9.94. The lowest BCUT2D eigenvalue weighted by molar-refractivity contribution is -0.158. The molecule has 0 bridgehead atoms. The lowest BCUT2D eigenvalue weighted by Crippen LogP contribution is -2.43. The lowest BCUT2D eigenvalue weighted by Gasteiger charge is -2.24. The monoisotopic (exact) mass is 556 g/mol. The fourth-order valence-electron chi connectivity index (χ4n) is 3.37. The average molecular weight is 557 g/mol. The van der Waals surface area contributed by atoms with E-state index in [1.807, 2.05) is 0 Å². The summed E-state index contributed by atoms with van der Waals surface area (Å²) in [7, 11) is 0. The molecular weight excluding hydrogens is 525 g/mol. The number of benzene rings is 1. The number of carbonyl (C=O) groups excluding carboxylic acids is 1. The number of carboxylic acids is 1. The quantitative estimate of drug-likeness (QED) is 0.265.